The minimum Gasteiger partial charge on any atom is -0.497 e. The van der Waals surface area contributed by atoms with E-state index in [4.69, 9.17) is 14.5 Å². The molecule has 1 N–H and O–H groups in total. The van der Waals surface area contributed by atoms with Gasteiger partial charge in [-0.1, -0.05) is 36.4 Å². The Morgan fingerprint density at radius 3 is 2.47 bits per heavy atom. The summed E-state index contributed by atoms with van der Waals surface area (Å²) in [5, 5.41) is 2.85. The van der Waals surface area contributed by atoms with E-state index in [2.05, 4.69) is 21.2 Å². The molecule has 4 rings (SSSR count). The summed E-state index contributed by atoms with van der Waals surface area (Å²) in [4.78, 5) is 34.7. The van der Waals surface area contributed by atoms with Crippen LogP contribution in [0.25, 0.3) is 0 Å². The predicted molar refractivity (Wildman–Crippen MR) is 122 cm³/mol. The van der Waals surface area contributed by atoms with Crippen molar-refractivity contribution in [3.05, 3.63) is 60.2 Å². The highest BCUT2D eigenvalue weighted by Gasteiger charge is 2.42. The fraction of sp³-hybridized carbons (Fsp3) is 0.375. The molecule has 8 nitrogen and oxygen atoms in total. The Morgan fingerprint density at radius 1 is 1.06 bits per heavy atom. The van der Waals surface area contributed by atoms with Crippen molar-refractivity contribution in [2.24, 2.45) is 10.9 Å². The van der Waals surface area contributed by atoms with E-state index in [-0.39, 0.29) is 12.5 Å². The summed E-state index contributed by atoms with van der Waals surface area (Å²) < 4.78 is 10.5. The van der Waals surface area contributed by atoms with Crippen LogP contribution in [0.3, 0.4) is 0 Å². The van der Waals surface area contributed by atoms with E-state index in [1.165, 1.54) is 0 Å². The molecule has 0 aliphatic carbocycles. The van der Waals surface area contributed by atoms with Gasteiger partial charge in [-0.25, -0.2) is 4.99 Å². The van der Waals surface area contributed by atoms with Crippen molar-refractivity contribution in [2.75, 3.05) is 44.8 Å². The Kier molecular flexibility index (Phi) is 6.58. The maximum atomic E-state index is 13.0. The Hall–Kier alpha value is -3.55. The first-order valence-electron chi connectivity index (χ1n) is 10.8. The molecule has 8 heteroatoms. The summed E-state index contributed by atoms with van der Waals surface area (Å²) in [5.41, 5.74) is 1.91. The standard InChI is InChI=1S/C24H28N4O4/c1-3-32-23(30)20-21(17-8-5-4-6-9-17)25-24(26-22(20)29)28-14-12-27(13-15-28)18-10-7-11-19(16-18)31-2/h4-11,16,20-21H,3,12-15H2,1-2H3,(H,25,26,29)/t20-,21-/m0/s1. The van der Waals surface area contributed by atoms with Crippen LogP contribution in [-0.2, 0) is 14.3 Å². The van der Waals surface area contributed by atoms with Crippen LogP contribution in [-0.4, -0.2) is 62.6 Å². The number of carbonyl (C=O) groups excluding carboxylic acids is 2. The average Bonchev–Trinajstić information content (AvgIpc) is 2.84. The fourth-order valence-electron chi connectivity index (χ4n) is 4.10. The van der Waals surface area contributed by atoms with Gasteiger partial charge < -0.3 is 19.3 Å². The number of carbonyl (C=O) groups is 2. The first-order chi connectivity index (χ1) is 15.6. The second-order valence-electron chi connectivity index (χ2n) is 7.70. The summed E-state index contributed by atoms with van der Waals surface area (Å²) in [7, 11) is 1.66. The molecule has 32 heavy (non-hydrogen) atoms. The SMILES string of the molecule is CCOC(=O)[C@@H]1C(=O)NC(N2CCN(c3cccc(OC)c3)CC2)=N[C@H]1c1ccccc1. The van der Waals surface area contributed by atoms with Crippen LogP contribution in [0, 0.1) is 5.92 Å². The molecule has 2 aliphatic heterocycles. The smallest absolute Gasteiger partial charge is 0.321 e. The molecule has 2 aliphatic rings. The molecule has 0 radical (unpaired) electrons. The van der Waals surface area contributed by atoms with Crippen molar-refractivity contribution in [1.29, 1.82) is 0 Å². The van der Waals surface area contributed by atoms with Crippen molar-refractivity contribution >= 4 is 23.5 Å². The predicted octanol–water partition coefficient (Wildman–Crippen LogP) is 2.22. The summed E-state index contributed by atoms with van der Waals surface area (Å²) in [6.45, 7) is 4.89. The van der Waals surface area contributed by atoms with Crippen LogP contribution in [0.4, 0.5) is 5.69 Å². The molecule has 0 spiro atoms. The number of hydrogen-bond acceptors (Lipinski definition) is 7. The van der Waals surface area contributed by atoms with E-state index in [1.807, 2.05) is 48.5 Å². The largest absolute Gasteiger partial charge is 0.497 e. The first-order valence-corrected chi connectivity index (χ1v) is 10.8. The highest BCUT2D eigenvalue weighted by Crippen LogP contribution is 2.31. The van der Waals surface area contributed by atoms with Crippen LogP contribution in [0.1, 0.15) is 18.5 Å². The van der Waals surface area contributed by atoms with Crippen molar-refractivity contribution in [2.45, 2.75) is 13.0 Å². The van der Waals surface area contributed by atoms with Crippen molar-refractivity contribution in [3.8, 4) is 5.75 Å². The Labute approximate surface area is 187 Å². The molecule has 2 aromatic rings. The summed E-state index contributed by atoms with van der Waals surface area (Å²) in [6, 6.07) is 16.8. The van der Waals surface area contributed by atoms with Crippen LogP contribution in [0.15, 0.2) is 59.6 Å². The van der Waals surface area contributed by atoms with Gasteiger partial charge in [0.25, 0.3) is 0 Å². The number of benzene rings is 2. The number of ether oxygens (including phenoxy) is 2. The molecule has 2 heterocycles. The van der Waals surface area contributed by atoms with E-state index in [1.54, 1.807) is 14.0 Å². The van der Waals surface area contributed by atoms with Gasteiger partial charge in [0.15, 0.2) is 5.92 Å². The maximum Gasteiger partial charge on any atom is 0.321 e. The number of methoxy groups -OCH3 is 1. The number of guanidine groups is 1. The lowest BCUT2D eigenvalue weighted by molar-refractivity contribution is -0.153. The van der Waals surface area contributed by atoms with E-state index in [0.29, 0.717) is 19.0 Å². The quantitative estimate of drug-likeness (QED) is 0.572. The minimum absolute atomic E-state index is 0.215. The molecule has 2 atom stereocenters. The van der Waals surface area contributed by atoms with Crippen LogP contribution < -0.4 is 15.0 Å². The fourth-order valence-corrected chi connectivity index (χ4v) is 4.10. The molecule has 0 unspecified atom stereocenters. The topological polar surface area (TPSA) is 83.5 Å². The average molecular weight is 437 g/mol. The zero-order valence-electron chi connectivity index (χ0n) is 18.4. The van der Waals surface area contributed by atoms with Gasteiger partial charge >= 0.3 is 5.97 Å². The Morgan fingerprint density at radius 2 is 1.78 bits per heavy atom. The number of anilines is 1. The number of hydrogen-bond donors (Lipinski definition) is 1. The van der Waals surface area contributed by atoms with Gasteiger partial charge in [-0.15, -0.1) is 0 Å². The number of aliphatic imine (C=N–C) groups is 1. The lowest BCUT2D eigenvalue weighted by Gasteiger charge is -2.39. The van der Waals surface area contributed by atoms with Gasteiger partial charge in [0.2, 0.25) is 11.9 Å². The van der Waals surface area contributed by atoms with E-state index >= 15 is 0 Å². The second kappa shape index (κ2) is 9.72. The Balaban J connectivity index is 1.53. The maximum absolute atomic E-state index is 13.0. The number of esters is 1. The molecular formula is C24H28N4O4. The summed E-state index contributed by atoms with van der Waals surface area (Å²) in [6.07, 6.45) is 0. The lowest BCUT2D eigenvalue weighted by atomic mass is 9.91. The van der Waals surface area contributed by atoms with Crippen molar-refractivity contribution in [3.63, 3.8) is 0 Å². The number of piperazine rings is 1. The monoisotopic (exact) mass is 436 g/mol. The molecule has 2 aromatic carbocycles. The minimum atomic E-state index is -1.00. The normalized spacial score (nSPS) is 20.9. The van der Waals surface area contributed by atoms with Gasteiger partial charge in [0.1, 0.15) is 11.8 Å². The third-order valence-corrected chi connectivity index (χ3v) is 5.77. The van der Waals surface area contributed by atoms with Crippen LogP contribution in [0.5, 0.6) is 5.75 Å². The highest BCUT2D eigenvalue weighted by atomic mass is 16.5. The van der Waals surface area contributed by atoms with Gasteiger partial charge in [0, 0.05) is 37.9 Å². The zero-order chi connectivity index (χ0) is 22.5. The third kappa shape index (κ3) is 4.54. The molecular weight excluding hydrogens is 408 g/mol. The molecule has 0 bridgehead atoms. The van der Waals surface area contributed by atoms with Crippen molar-refractivity contribution < 1.29 is 19.1 Å². The van der Waals surface area contributed by atoms with E-state index in [0.717, 1.165) is 30.1 Å². The molecule has 0 saturated carbocycles. The number of rotatable bonds is 5. The van der Waals surface area contributed by atoms with Crippen LogP contribution >= 0.6 is 0 Å². The van der Waals surface area contributed by atoms with Crippen LogP contribution in [0.2, 0.25) is 0 Å². The molecule has 1 fully saturated rings. The molecule has 168 valence electrons. The van der Waals surface area contributed by atoms with E-state index < -0.39 is 17.9 Å². The number of nitrogens with zero attached hydrogens (tertiary/aromatic N) is 3. The number of nitrogens with one attached hydrogen (secondary N) is 1. The highest BCUT2D eigenvalue weighted by molar-refractivity contribution is 6.08. The van der Waals surface area contributed by atoms with Gasteiger partial charge in [-0.3, -0.25) is 14.9 Å². The molecule has 1 saturated heterocycles. The summed E-state index contributed by atoms with van der Waals surface area (Å²) >= 11 is 0. The number of amides is 1. The first kappa shape index (κ1) is 21.7. The van der Waals surface area contributed by atoms with Gasteiger partial charge in [-0.2, -0.15) is 0 Å². The molecule has 0 aromatic heterocycles. The summed E-state index contributed by atoms with van der Waals surface area (Å²) in [5.74, 6) is -0.597. The van der Waals surface area contributed by atoms with E-state index in [9.17, 15) is 9.59 Å². The third-order valence-electron chi connectivity index (χ3n) is 5.77. The van der Waals surface area contributed by atoms with Gasteiger partial charge in [0.05, 0.1) is 13.7 Å². The lowest BCUT2D eigenvalue weighted by Crippen LogP contribution is -2.57. The van der Waals surface area contributed by atoms with Gasteiger partial charge in [-0.05, 0) is 24.6 Å². The van der Waals surface area contributed by atoms with Crippen molar-refractivity contribution in [1.82, 2.24) is 10.2 Å². The molecule has 1 amide bonds. The zero-order valence-corrected chi connectivity index (χ0v) is 18.4. The second-order valence-corrected chi connectivity index (χ2v) is 7.70. The Bertz CT molecular complexity index is 987.